The minimum absolute atomic E-state index is 0.641. The van der Waals surface area contributed by atoms with Gasteiger partial charge in [-0.05, 0) is 89.0 Å². The van der Waals surface area contributed by atoms with Gasteiger partial charge in [-0.25, -0.2) is 44.9 Å². The van der Waals surface area contributed by atoms with E-state index in [-0.39, 0.29) is 0 Å². The van der Waals surface area contributed by atoms with Crippen molar-refractivity contribution in [3.8, 4) is 125 Å². The van der Waals surface area contributed by atoms with Crippen LogP contribution in [-0.2, 0) is 0 Å². The highest BCUT2D eigenvalue weighted by atomic mass is 32.1. The molecule has 0 fully saturated rings. The Balaban J connectivity index is 0.000000140. The van der Waals surface area contributed by atoms with Crippen LogP contribution >= 0.6 is 22.7 Å². The van der Waals surface area contributed by atoms with Crippen LogP contribution in [0, 0.1) is 0 Å². The molecular weight excluding hydrogens is 1510 g/mol. The Hall–Kier alpha value is -15.7. The summed E-state index contributed by atoms with van der Waals surface area (Å²) in [5, 5.41) is 11.8. The van der Waals surface area contributed by atoms with Crippen LogP contribution in [0.4, 0.5) is 0 Å². The van der Waals surface area contributed by atoms with E-state index in [9.17, 15) is 0 Å². The Labute approximate surface area is 695 Å². The number of aromatic nitrogens is 12. The zero-order valence-electron chi connectivity index (χ0n) is 64.1. The van der Waals surface area contributed by atoms with Crippen molar-refractivity contribution in [3.63, 3.8) is 0 Å². The first-order valence-corrected chi connectivity index (χ1v) is 41.4. The first-order valence-electron chi connectivity index (χ1n) is 39.8. The Morgan fingerprint density at radius 3 is 1.21 bits per heavy atom. The van der Waals surface area contributed by atoms with Crippen molar-refractivity contribution in [2.75, 3.05) is 0 Å². The van der Waals surface area contributed by atoms with Crippen molar-refractivity contribution >= 4 is 128 Å². The van der Waals surface area contributed by atoms with E-state index in [1.165, 1.54) is 47.1 Å². The molecule has 0 atom stereocenters. The third-order valence-corrected chi connectivity index (χ3v) is 24.9. The molecule has 120 heavy (non-hydrogen) atoms. The Morgan fingerprint density at radius 1 is 0.242 bits per heavy atom. The van der Waals surface area contributed by atoms with Gasteiger partial charge in [0.15, 0.2) is 23.3 Å². The van der Waals surface area contributed by atoms with Gasteiger partial charge in [-0.2, -0.15) is 0 Å². The first kappa shape index (κ1) is 69.7. The number of thiophene rings is 2. The van der Waals surface area contributed by atoms with Gasteiger partial charge in [0.25, 0.3) is 0 Å². The molecule has 0 amide bonds. The summed E-state index contributed by atoms with van der Waals surface area (Å²) in [6.07, 6.45) is 5.60. The molecule has 0 bridgehead atoms. The van der Waals surface area contributed by atoms with Gasteiger partial charge in [0, 0.05) is 115 Å². The molecule has 12 nitrogen and oxygen atoms in total. The third-order valence-electron chi connectivity index (χ3n) is 22.6. The van der Waals surface area contributed by atoms with E-state index in [2.05, 4.69) is 317 Å². The van der Waals surface area contributed by atoms with Crippen molar-refractivity contribution in [1.82, 2.24) is 59.0 Å². The molecule has 14 heteroatoms. The van der Waals surface area contributed by atoms with Crippen molar-refractivity contribution in [2.24, 2.45) is 0 Å². The topological polar surface area (TPSA) is 139 Å². The minimum Gasteiger partial charge on any atom is -0.307 e. The molecule has 14 aromatic carbocycles. The molecule has 0 aliphatic carbocycles. The highest BCUT2D eigenvalue weighted by molar-refractivity contribution is 7.26. The fourth-order valence-electron chi connectivity index (χ4n) is 16.9. The van der Waals surface area contributed by atoms with E-state index in [1.807, 2.05) is 85.3 Å². The largest absolute Gasteiger partial charge is 0.307 e. The molecule has 10 aromatic heterocycles. The van der Waals surface area contributed by atoms with Gasteiger partial charge < -0.3 is 4.57 Å². The number of hydrogen-bond donors (Lipinski definition) is 0. The molecule has 0 aliphatic rings. The summed E-state index contributed by atoms with van der Waals surface area (Å²) in [5.41, 5.74) is 22.5. The summed E-state index contributed by atoms with van der Waals surface area (Å²) in [6, 6.07) is 129. The van der Waals surface area contributed by atoms with E-state index in [1.54, 1.807) is 22.7 Å². The molecular formula is C106H64N12S2. The van der Waals surface area contributed by atoms with Gasteiger partial charge in [0.05, 0.1) is 88.5 Å². The lowest BCUT2D eigenvalue weighted by Gasteiger charge is -2.12. The number of nitrogens with zero attached hydrogens (tertiary/aromatic N) is 12. The maximum absolute atomic E-state index is 5.28. The second-order valence-corrected chi connectivity index (χ2v) is 31.9. The highest BCUT2D eigenvalue weighted by Crippen LogP contribution is 2.45. The fraction of sp³-hybridized carbons (Fsp3) is 0. The Bertz CT molecular complexity index is 8120. The average molecular weight is 1570 g/mol. The van der Waals surface area contributed by atoms with Gasteiger partial charge >= 0.3 is 0 Å². The normalized spacial score (nSPS) is 11.7. The summed E-state index contributed by atoms with van der Waals surface area (Å²) >= 11 is 3.48. The Morgan fingerprint density at radius 2 is 0.675 bits per heavy atom. The van der Waals surface area contributed by atoms with Crippen LogP contribution in [0.25, 0.3) is 230 Å². The molecule has 0 saturated carbocycles. The number of rotatable bonds is 12. The first-order chi connectivity index (χ1) is 59.5. The van der Waals surface area contributed by atoms with Crippen molar-refractivity contribution in [1.29, 1.82) is 0 Å². The van der Waals surface area contributed by atoms with E-state index in [0.29, 0.717) is 23.3 Å². The molecule has 10 heterocycles. The summed E-state index contributed by atoms with van der Waals surface area (Å²) < 4.78 is 9.18. The maximum Gasteiger partial charge on any atom is 0.160 e. The lowest BCUT2D eigenvalue weighted by molar-refractivity contribution is 1.08. The number of fused-ring (bicyclic) bond motifs is 16. The molecule has 0 N–H and O–H groups in total. The Kier molecular flexibility index (Phi) is 17.0. The number of benzene rings is 14. The van der Waals surface area contributed by atoms with Crippen LogP contribution in [-0.4, -0.2) is 59.0 Å². The van der Waals surface area contributed by atoms with Crippen LogP contribution in [0.5, 0.6) is 0 Å². The second-order valence-electron chi connectivity index (χ2n) is 29.8. The standard InChI is InChI=1S/2C53H32N6S/c1-3-14-34(15-4-1)42-32-43(38-27-28-44-41(31-38)48-39-18-8-7-13-33(39)26-29-45(48)59(44)47-21-11-12-30-54-47)56-52(55-42)36-22-24-37(25-23-36)53-57-49(35-16-5-2-6-17-35)51-50(58-53)40-19-9-10-20-46(40)60-51;1-3-13-34(14-4-1)44-31-45(38-26-27-41-42-28-25-33-12-7-8-18-40(33)50(42)59(46(41)30-38)39-17-11-29-54-32-39)56-52(55-44)36-21-23-37(24-22-36)53-57-48(35-15-5-2-6-16-35)51-49(58-53)43-19-9-10-20-47(43)60-51/h2*1-32H. The lowest BCUT2D eigenvalue weighted by Crippen LogP contribution is -1.97. The third kappa shape index (κ3) is 12.3. The lowest BCUT2D eigenvalue weighted by atomic mass is 10.0. The van der Waals surface area contributed by atoms with Gasteiger partial charge in [0.2, 0.25) is 0 Å². The predicted molar refractivity (Wildman–Crippen MR) is 495 cm³/mol. The van der Waals surface area contributed by atoms with Crippen molar-refractivity contribution < 1.29 is 0 Å². The summed E-state index contributed by atoms with van der Waals surface area (Å²) in [7, 11) is 0. The van der Waals surface area contributed by atoms with Gasteiger partial charge in [-0.1, -0.05) is 297 Å². The van der Waals surface area contributed by atoms with Crippen LogP contribution in [0.2, 0.25) is 0 Å². The van der Waals surface area contributed by atoms with Crippen LogP contribution in [0.3, 0.4) is 0 Å². The van der Waals surface area contributed by atoms with Crippen LogP contribution in [0.15, 0.2) is 389 Å². The summed E-state index contributed by atoms with van der Waals surface area (Å²) in [6.45, 7) is 0. The van der Waals surface area contributed by atoms with E-state index in [4.69, 9.17) is 44.9 Å². The SMILES string of the molecule is c1ccc(-c2cc(-c3ccc4c(c3)c3c5ccccc5ccc3n4-c3ccccn3)nc(-c3ccc(-c4nc(-c5ccccc5)c5sc6ccccc6c5n4)cc3)n2)cc1.c1ccc(-c2cc(-c3ccc4c5ccc6ccccc6c5n(-c5cccnc5)c4c3)nc(-c3ccc(-c4nc(-c5ccccc5)c5sc6ccccc6c5n4)cc3)n2)cc1. The highest BCUT2D eigenvalue weighted by Gasteiger charge is 2.24. The van der Waals surface area contributed by atoms with Gasteiger partial charge in [-0.3, -0.25) is 9.55 Å². The van der Waals surface area contributed by atoms with E-state index in [0.717, 1.165) is 160 Å². The second kappa shape index (κ2) is 29.2. The monoisotopic (exact) mass is 1570 g/mol. The molecule has 0 radical (unpaired) electrons. The summed E-state index contributed by atoms with van der Waals surface area (Å²) in [4.78, 5) is 50.9. The number of pyridine rings is 2. The van der Waals surface area contributed by atoms with Crippen molar-refractivity contribution in [3.05, 3.63) is 389 Å². The van der Waals surface area contributed by atoms with Crippen molar-refractivity contribution in [2.45, 2.75) is 0 Å². The predicted octanol–water partition coefficient (Wildman–Crippen LogP) is 27.2. The minimum atomic E-state index is 0.641. The average Bonchev–Trinajstić information content (AvgIpc) is 1.58. The molecule has 560 valence electrons. The van der Waals surface area contributed by atoms with E-state index < -0.39 is 0 Å². The van der Waals surface area contributed by atoms with Crippen LogP contribution < -0.4 is 0 Å². The molecule has 24 rings (SSSR count). The van der Waals surface area contributed by atoms with E-state index >= 15 is 0 Å². The summed E-state index contributed by atoms with van der Waals surface area (Å²) in [5.74, 6) is 3.53. The van der Waals surface area contributed by atoms with Gasteiger partial charge in [-0.15, -0.1) is 22.7 Å². The maximum atomic E-state index is 5.28. The molecule has 24 aromatic rings. The smallest absolute Gasteiger partial charge is 0.160 e. The zero-order chi connectivity index (χ0) is 79.1. The van der Waals surface area contributed by atoms with Gasteiger partial charge in [0.1, 0.15) is 5.82 Å². The zero-order valence-corrected chi connectivity index (χ0v) is 65.8. The van der Waals surface area contributed by atoms with Crippen LogP contribution in [0.1, 0.15) is 0 Å². The number of hydrogen-bond acceptors (Lipinski definition) is 12. The molecule has 0 saturated heterocycles. The molecule has 0 aliphatic heterocycles. The molecule has 0 spiro atoms. The quantitative estimate of drug-likeness (QED) is 0.116. The molecule has 0 unspecified atom stereocenters. The fourth-order valence-corrected chi connectivity index (χ4v) is 19.2.